The predicted octanol–water partition coefficient (Wildman–Crippen LogP) is 2.93. The standard InChI is InChI=1S/C12H13N/c1-12(7-9-13-10-8-12)11-5-3-2-4-6-11/h2-7,9-10H,8H2,1H3. The maximum absolute atomic E-state index is 4.09. The van der Waals surface area contributed by atoms with Gasteiger partial charge in [-0.1, -0.05) is 43.3 Å². The second-order valence-corrected chi connectivity index (χ2v) is 3.63. The Morgan fingerprint density at radius 1 is 1.23 bits per heavy atom. The van der Waals surface area contributed by atoms with E-state index < -0.39 is 0 Å². The van der Waals surface area contributed by atoms with Crippen molar-refractivity contribution in [1.29, 1.82) is 0 Å². The summed E-state index contributed by atoms with van der Waals surface area (Å²) in [6, 6.07) is 10.6. The van der Waals surface area contributed by atoms with Crippen molar-refractivity contribution in [3.63, 3.8) is 0 Å². The minimum absolute atomic E-state index is 0.142. The van der Waals surface area contributed by atoms with Crippen molar-refractivity contribution in [2.45, 2.75) is 18.8 Å². The molecule has 1 atom stereocenters. The van der Waals surface area contributed by atoms with Crippen molar-refractivity contribution in [3.05, 3.63) is 48.2 Å². The average Bonchev–Trinajstić information content (AvgIpc) is 2.20. The van der Waals surface area contributed by atoms with Gasteiger partial charge in [-0.15, -0.1) is 0 Å². The monoisotopic (exact) mass is 171 g/mol. The summed E-state index contributed by atoms with van der Waals surface area (Å²) in [5.41, 5.74) is 1.50. The number of hydrogen-bond acceptors (Lipinski definition) is 1. The average molecular weight is 171 g/mol. The number of allylic oxidation sites excluding steroid dienone is 1. The molecule has 1 unspecified atom stereocenters. The van der Waals surface area contributed by atoms with Crippen molar-refractivity contribution in [1.82, 2.24) is 0 Å². The Morgan fingerprint density at radius 3 is 2.62 bits per heavy atom. The van der Waals surface area contributed by atoms with Gasteiger partial charge in [-0.25, -0.2) is 0 Å². The van der Waals surface area contributed by atoms with Crippen molar-refractivity contribution in [2.75, 3.05) is 0 Å². The molecule has 1 heteroatoms. The van der Waals surface area contributed by atoms with Crippen molar-refractivity contribution in [2.24, 2.45) is 4.99 Å². The quantitative estimate of drug-likeness (QED) is 0.616. The minimum Gasteiger partial charge on any atom is -0.269 e. The van der Waals surface area contributed by atoms with Gasteiger partial charge >= 0.3 is 0 Å². The van der Waals surface area contributed by atoms with Crippen LogP contribution in [0, 0.1) is 0 Å². The first-order valence-electron chi connectivity index (χ1n) is 4.56. The first kappa shape index (κ1) is 8.24. The van der Waals surface area contributed by atoms with E-state index in [0.717, 1.165) is 6.42 Å². The molecule has 1 nitrogen and oxygen atoms in total. The maximum atomic E-state index is 4.09. The summed E-state index contributed by atoms with van der Waals surface area (Å²) in [6.45, 7) is 2.24. The van der Waals surface area contributed by atoms with Gasteiger partial charge in [0.25, 0.3) is 0 Å². The Hall–Kier alpha value is -1.37. The molecular weight excluding hydrogens is 158 g/mol. The molecule has 0 bridgehead atoms. The molecule has 0 saturated heterocycles. The van der Waals surface area contributed by atoms with Gasteiger partial charge in [-0.3, -0.25) is 4.99 Å². The van der Waals surface area contributed by atoms with Gasteiger partial charge in [-0.05, 0) is 12.0 Å². The lowest BCUT2D eigenvalue weighted by Gasteiger charge is -2.26. The number of nitrogens with zero attached hydrogens (tertiary/aromatic N) is 1. The van der Waals surface area contributed by atoms with E-state index in [1.54, 1.807) is 0 Å². The Kier molecular flexibility index (Phi) is 2.01. The summed E-state index contributed by atoms with van der Waals surface area (Å²) in [5, 5.41) is 0. The van der Waals surface area contributed by atoms with E-state index in [0.29, 0.717) is 0 Å². The molecular formula is C12H13N. The molecule has 1 aliphatic rings. The predicted molar refractivity (Wildman–Crippen MR) is 56.0 cm³/mol. The Labute approximate surface area is 78.8 Å². The molecule has 1 aromatic rings. The molecule has 13 heavy (non-hydrogen) atoms. The fourth-order valence-corrected chi connectivity index (χ4v) is 1.61. The number of benzene rings is 1. The zero-order valence-corrected chi connectivity index (χ0v) is 7.77. The van der Waals surface area contributed by atoms with Crippen LogP contribution in [0.2, 0.25) is 0 Å². The third-order valence-electron chi connectivity index (χ3n) is 2.58. The molecule has 0 N–H and O–H groups in total. The van der Waals surface area contributed by atoms with Crippen LogP contribution in [-0.2, 0) is 5.41 Å². The third kappa shape index (κ3) is 1.55. The van der Waals surface area contributed by atoms with Gasteiger partial charge in [-0.2, -0.15) is 0 Å². The zero-order chi connectivity index (χ0) is 9.15. The fraction of sp³-hybridized carbons (Fsp3) is 0.250. The number of aliphatic imine (C=N–C) groups is 1. The smallest absolute Gasteiger partial charge is 0.0232 e. The summed E-state index contributed by atoms with van der Waals surface area (Å²) < 4.78 is 0. The van der Waals surface area contributed by atoms with Crippen LogP contribution in [0.15, 0.2) is 47.6 Å². The molecule has 1 heterocycles. The lowest BCUT2D eigenvalue weighted by Crippen LogP contribution is -2.20. The van der Waals surface area contributed by atoms with E-state index in [2.05, 4.69) is 42.3 Å². The molecule has 0 amide bonds. The zero-order valence-electron chi connectivity index (χ0n) is 7.77. The van der Waals surface area contributed by atoms with E-state index in [4.69, 9.17) is 0 Å². The molecule has 2 rings (SSSR count). The summed E-state index contributed by atoms with van der Waals surface area (Å²) in [4.78, 5) is 4.09. The molecule has 66 valence electrons. The SMILES string of the molecule is CC1(c2ccccc2)C=CN=CC1. The maximum Gasteiger partial charge on any atom is 0.0232 e. The first-order valence-corrected chi connectivity index (χ1v) is 4.56. The van der Waals surface area contributed by atoms with Crippen molar-refractivity contribution < 1.29 is 0 Å². The normalized spacial score (nSPS) is 26.2. The fourth-order valence-electron chi connectivity index (χ4n) is 1.61. The van der Waals surface area contributed by atoms with E-state index in [9.17, 15) is 0 Å². The van der Waals surface area contributed by atoms with Gasteiger partial charge in [0, 0.05) is 17.8 Å². The summed E-state index contributed by atoms with van der Waals surface area (Å²) >= 11 is 0. The van der Waals surface area contributed by atoms with Crippen LogP contribution < -0.4 is 0 Å². The highest BCUT2D eigenvalue weighted by molar-refractivity contribution is 5.63. The Morgan fingerprint density at radius 2 is 2.00 bits per heavy atom. The van der Waals surface area contributed by atoms with Crippen LogP contribution >= 0.6 is 0 Å². The highest BCUT2D eigenvalue weighted by atomic mass is 14.7. The largest absolute Gasteiger partial charge is 0.269 e. The van der Waals surface area contributed by atoms with E-state index in [1.807, 2.05) is 18.5 Å². The Balaban J connectivity index is 2.35. The van der Waals surface area contributed by atoms with Crippen LogP contribution in [0.3, 0.4) is 0 Å². The summed E-state index contributed by atoms with van der Waals surface area (Å²) in [5.74, 6) is 0. The third-order valence-corrected chi connectivity index (χ3v) is 2.58. The van der Waals surface area contributed by atoms with Gasteiger partial charge in [0.2, 0.25) is 0 Å². The van der Waals surface area contributed by atoms with Crippen LogP contribution in [0.4, 0.5) is 0 Å². The molecule has 1 aliphatic heterocycles. The summed E-state index contributed by atoms with van der Waals surface area (Å²) in [7, 11) is 0. The molecule has 0 saturated carbocycles. The molecule has 0 aromatic heterocycles. The first-order chi connectivity index (χ1) is 6.31. The Bertz CT molecular complexity index is 337. The summed E-state index contributed by atoms with van der Waals surface area (Å²) in [6.07, 6.45) is 7.03. The number of hydrogen-bond donors (Lipinski definition) is 0. The molecule has 0 radical (unpaired) electrons. The molecule has 1 aromatic carbocycles. The highest BCUT2D eigenvalue weighted by Crippen LogP contribution is 2.29. The van der Waals surface area contributed by atoms with Crippen LogP contribution in [0.25, 0.3) is 0 Å². The second kappa shape index (κ2) is 3.17. The van der Waals surface area contributed by atoms with E-state index in [1.165, 1.54) is 5.56 Å². The molecule has 0 spiro atoms. The van der Waals surface area contributed by atoms with Gasteiger partial charge in [0.1, 0.15) is 0 Å². The topological polar surface area (TPSA) is 12.4 Å². The van der Waals surface area contributed by atoms with Crippen LogP contribution in [0.1, 0.15) is 18.9 Å². The molecule has 0 aliphatic carbocycles. The van der Waals surface area contributed by atoms with Crippen LogP contribution in [-0.4, -0.2) is 6.21 Å². The van der Waals surface area contributed by atoms with Crippen LogP contribution in [0.5, 0.6) is 0 Å². The van der Waals surface area contributed by atoms with Gasteiger partial charge < -0.3 is 0 Å². The van der Waals surface area contributed by atoms with E-state index in [-0.39, 0.29) is 5.41 Å². The minimum atomic E-state index is 0.142. The van der Waals surface area contributed by atoms with Crippen molar-refractivity contribution >= 4 is 6.21 Å². The lowest BCUT2D eigenvalue weighted by atomic mass is 9.79. The second-order valence-electron chi connectivity index (χ2n) is 3.63. The molecule has 0 fully saturated rings. The highest BCUT2D eigenvalue weighted by Gasteiger charge is 2.23. The van der Waals surface area contributed by atoms with Crippen molar-refractivity contribution in [3.8, 4) is 0 Å². The lowest BCUT2D eigenvalue weighted by molar-refractivity contribution is 0.621. The van der Waals surface area contributed by atoms with Gasteiger partial charge in [0.15, 0.2) is 0 Å². The number of rotatable bonds is 1. The van der Waals surface area contributed by atoms with Gasteiger partial charge in [0.05, 0.1) is 0 Å². The van der Waals surface area contributed by atoms with E-state index >= 15 is 0 Å².